The molecule has 3 rings (SSSR count). The van der Waals surface area contributed by atoms with Gasteiger partial charge in [-0.3, -0.25) is 4.90 Å². The van der Waals surface area contributed by atoms with Crippen molar-refractivity contribution in [2.45, 2.75) is 31.3 Å². The molecular formula is C18H24F2N4O3S. The molecule has 2 aromatic rings. The number of aryl methyl sites for hydroxylation is 1. The molecule has 1 N–H and O–H groups in total. The minimum atomic E-state index is -4.00. The fourth-order valence-corrected chi connectivity index (χ4v) is 4.94. The summed E-state index contributed by atoms with van der Waals surface area (Å²) in [4.78, 5) is 1.96. The molecule has 1 fully saturated rings. The van der Waals surface area contributed by atoms with Crippen LogP contribution >= 0.6 is 0 Å². The van der Waals surface area contributed by atoms with Crippen LogP contribution in [0.3, 0.4) is 0 Å². The van der Waals surface area contributed by atoms with E-state index in [1.165, 1.54) is 13.8 Å². The monoisotopic (exact) mass is 414 g/mol. The van der Waals surface area contributed by atoms with Crippen molar-refractivity contribution in [3.05, 3.63) is 47.3 Å². The highest BCUT2D eigenvalue weighted by atomic mass is 32.2. The molecule has 1 aliphatic heterocycles. The Kier molecular flexibility index (Phi) is 6.43. The third-order valence-electron chi connectivity index (χ3n) is 4.85. The lowest BCUT2D eigenvalue weighted by molar-refractivity contribution is 0.0172. The molecule has 0 unspecified atom stereocenters. The predicted molar refractivity (Wildman–Crippen MR) is 99.7 cm³/mol. The third kappa shape index (κ3) is 4.40. The molecule has 1 aromatic carbocycles. The van der Waals surface area contributed by atoms with Gasteiger partial charge in [0.25, 0.3) is 0 Å². The van der Waals surface area contributed by atoms with E-state index in [0.717, 1.165) is 5.56 Å². The number of benzene rings is 1. The molecule has 0 saturated carbocycles. The number of sulfonamides is 1. The van der Waals surface area contributed by atoms with Crippen LogP contribution in [0.15, 0.2) is 35.2 Å². The minimum Gasteiger partial charge on any atom is -0.379 e. The van der Waals surface area contributed by atoms with E-state index in [9.17, 15) is 17.2 Å². The second-order valence-electron chi connectivity index (χ2n) is 6.65. The van der Waals surface area contributed by atoms with Gasteiger partial charge in [-0.05, 0) is 19.4 Å². The van der Waals surface area contributed by atoms with Crippen LogP contribution in [0.5, 0.6) is 0 Å². The smallest absolute Gasteiger partial charge is 0.333 e. The number of hydrogen-bond acceptors (Lipinski definition) is 5. The van der Waals surface area contributed by atoms with E-state index >= 15 is 0 Å². The molecule has 7 nitrogen and oxygen atoms in total. The van der Waals surface area contributed by atoms with Crippen LogP contribution in [0.25, 0.3) is 0 Å². The Labute approximate surface area is 163 Å². The number of nitrogens with zero attached hydrogens (tertiary/aromatic N) is 3. The van der Waals surface area contributed by atoms with E-state index in [4.69, 9.17) is 4.74 Å². The lowest BCUT2D eigenvalue weighted by atomic mass is 10.1. The van der Waals surface area contributed by atoms with Gasteiger partial charge in [0.15, 0.2) is 0 Å². The summed E-state index contributed by atoms with van der Waals surface area (Å²) >= 11 is 0. The van der Waals surface area contributed by atoms with Gasteiger partial charge in [0, 0.05) is 25.7 Å². The lowest BCUT2D eigenvalue weighted by Crippen LogP contribution is -2.43. The average Bonchev–Trinajstić information content (AvgIpc) is 2.99. The zero-order valence-corrected chi connectivity index (χ0v) is 16.6. The number of halogens is 2. The second kappa shape index (κ2) is 8.64. The summed E-state index contributed by atoms with van der Waals surface area (Å²) in [6, 6.07) is 9.40. The SMILES string of the molecule is Cc1nn(C(F)F)c(C)c1S(=O)(=O)NC[C@@H](c1ccccc1)N1CCOCC1. The van der Waals surface area contributed by atoms with Gasteiger partial charge in [-0.25, -0.2) is 17.8 Å². The van der Waals surface area contributed by atoms with E-state index in [1.807, 2.05) is 30.3 Å². The highest BCUT2D eigenvalue weighted by molar-refractivity contribution is 7.89. The summed E-state index contributed by atoms with van der Waals surface area (Å²) in [5.74, 6) is 0. The zero-order chi connectivity index (χ0) is 20.3. The Morgan fingerprint density at radius 3 is 2.39 bits per heavy atom. The van der Waals surface area contributed by atoms with Crippen LogP contribution in [0, 0.1) is 13.8 Å². The fourth-order valence-electron chi connectivity index (χ4n) is 3.51. The van der Waals surface area contributed by atoms with Crippen LogP contribution in [0.2, 0.25) is 0 Å². The number of ether oxygens (including phenoxy) is 1. The first-order valence-corrected chi connectivity index (χ1v) is 10.5. The molecule has 0 bridgehead atoms. The summed E-state index contributed by atoms with van der Waals surface area (Å²) in [6.07, 6.45) is 0. The Balaban J connectivity index is 1.84. The first-order valence-electron chi connectivity index (χ1n) is 9.01. The molecule has 0 radical (unpaired) electrons. The Morgan fingerprint density at radius 2 is 1.82 bits per heavy atom. The van der Waals surface area contributed by atoms with Gasteiger partial charge >= 0.3 is 6.55 Å². The predicted octanol–water partition coefficient (Wildman–Crippen LogP) is 2.25. The van der Waals surface area contributed by atoms with Gasteiger partial charge in [0.1, 0.15) is 4.90 Å². The highest BCUT2D eigenvalue weighted by Gasteiger charge is 2.29. The van der Waals surface area contributed by atoms with Gasteiger partial charge in [-0.15, -0.1) is 0 Å². The van der Waals surface area contributed by atoms with Crippen LogP contribution in [0.4, 0.5) is 8.78 Å². The van der Waals surface area contributed by atoms with Gasteiger partial charge in [-0.2, -0.15) is 13.9 Å². The zero-order valence-electron chi connectivity index (χ0n) is 15.8. The number of nitrogens with one attached hydrogen (secondary N) is 1. The minimum absolute atomic E-state index is 0.0490. The molecule has 1 aromatic heterocycles. The molecule has 1 aliphatic rings. The van der Waals surface area contributed by atoms with Gasteiger partial charge < -0.3 is 4.74 Å². The quantitative estimate of drug-likeness (QED) is 0.752. The first kappa shape index (κ1) is 20.8. The molecule has 10 heteroatoms. The molecule has 154 valence electrons. The van der Waals surface area contributed by atoms with Crippen LogP contribution in [-0.2, 0) is 14.8 Å². The normalized spacial score (nSPS) is 17.2. The van der Waals surface area contributed by atoms with E-state index in [-0.39, 0.29) is 28.9 Å². The Morgan fingerprint density at radius 1 is 1.18 bits per heavy atom. The van der Waals surface area contributed by atoms with E-state index in [1.54, 1.807) is 0 Å². The van der Waals surface area contributed by atoms with Gasteiger partial charge in [0.2, 0.25) is 10.0 Å². The van der Waals surface area contributed by atoms with Crippen molar-refractivity contribution < 1.29 is 21.9 Å². The molecule has 1 saturated heterocycles. The molecule has 0 spiro atoms. The summed E-state index contributed by atoms with van der Waals surface area (Å²) in [6.45, 7) is 2.49. The Bertz CT molecular complexity index is 897. The largest absolute Gasteiger partial charge is 0.379 e. The van der Waals surface area contributed by atoms with Crippen molar-refractivity contribution in [2.75, 3.05) is 32.8 Å². The number of aromatic nitrogens is 2. The number of rotatable bonds is 7. The standard InChI is InChI=1S/C18H24F2N4O3S/c1-13-17(14(2)24(22-13)18(19)20)28(25,26)21-12-16(15-6-4-3-5-7-15)23-8-10-27-11-9-23/h3-7,16,18,21H,8-12H2,1-2H3/t16-/m0/s1. The van der Waals surface area contributed by atoms with Crippen LogP contribution in [-0.4, -0.2) is 55.9 Å². The fraction of sp³-hybridized carbons (Fsp3) is 0.500. The van der Waals surface area contributed by atoms with E-state index in [2.05, 4.69) is 14.7 Å². The van der Waals surface area contributed by atoms with Crippen molar-refractivity contribution in [3.63, 3.8) is 0 Å². The number of hydrogen-bond donors (Lipinski definition) is 1. The summed E-state index contributed by atoms with van der Waals surface area (Å²) in [7, 11) is -4.00. The third-order valence-corrected chi connectivity index (χ3v) is 6.52. The van der Waals surface area contributed by atoms with E-state index < -0.39 is 16.6 Å². The molecule has 1 atom stereocenters. The van der Waals surface area contributed by atoms with Crippen molar-refractivity contribution in [1.29, 1.82) is 0 Å². The topological polar surface area (TPSA) is 76.5 Å². The van der Waals surface area contributed by atoms with Crippen LogP contribution in [0.1, 0.15) is 29.5 Å². The summed E-state index contributed by atoms with van der Waals surface area (Å²) in [5, 5.41) is 3.67. The number of alkyl halides is 2. The van der Waals surface area contributed by atoms with Crippen LogP contribution < -0.4 is 4.72 Å². The van der Waals surface area contributed by atoms with Gasteiger partial charge in [0.05, 0.1) is 24.6 Å². The maximum absolute atomic E-state index is 13.1. The van der Waals surface area contributed by atoms with Gasteiger partial charge in [-0.1, -0.05) is 30.3 Å². The summed E-state index contributed by atoms with van der Waals surface area (Å²) < 4.78 is 60.3. The van der Waals surface area contributed by atoms with Crippen molar-refractivity contribution in [2.24, 2.45) is 0 Å². The first-order chi connectivity index (χ1) is 13.3. The molecule has 0 aliphatic carbocycles. The number of morpholine rings is 1. The lowest BCUT2D eigenvalue weighted by Gasteiger charge is -2.34. The summed E-state index contributed by atoms with van der Waals surface area (Å²) in [5.41, 5.74) is 0.944. The molecular weight excluding hydrogens is 390 g/mol. The second-order valence-corrected chi connectivity index (χ2v) is 8.35. The molecule has 2 heterocycles. The van der Waals surface area contributed by atoms with Crippen molar-refractivity contribution >= 4 is 10.0 Å². The maximum Gasteiger partial charge on any atom is 0.333 e. The highest BCUT2D eigenvalue weighted by Crippen LogP contribution is 2.25. The average molecular weight is 414 g/mol. The maximum atomic E-state index is 13.1. The molecule has 28 heavy (non-hydrogen) atoms. The van der Waals surface area contributed by atoms with Crippen molar-refractivity contribution in [3.8, 4) is 0 Å². The van der Waals surface area contributed by atoms with E-state index in [0.29, 0.717) is 31.0 Å². The van der Waals surface area contributed by atoms with Crippen molar-refractivity contribution in [1.82, 2.24) is 19.4 Å². The molecule has 0 amide bonds. The Hall–Kier alpha value is -1.88.